The predicted molar refractivity (Wildman–Crippen MR) is 140 cm³/mol. The summed E-state index contributed by atoms with van der Waals surface area (Å²) in [7, 11) is 0. The Morgan fingerprint density at radius 1 is 0.800 bits per heavy atom. The minimum absolute atomic E-state index is 0.373. The van der Waals surface area contributed by atoms with E-state index in [0.717, 1.165) is 38.9 Å². The van der Waals surface area contributed by atoms with Crippen LogP contribution in [0.3, 0.4) is 0 Å². The van der Waals surface area contributed by atoms with Crippen LogP contribution in [0.1, 0.15) is 12.5 Å². The van der Waals surface area contributed by atoms with Gasteiger partial charge in [0.25, 0.3) is 0 Å². The van der Waals surface area contributed by atoms with Gasteiger partial charge in [0.15, 0.2) is 5.75 Å². The van der Waals surface area contributed by atoms with Gasteiger partial charge < -0.3 is 9.47 Å². The lowest BCUT2D eigenvalue weighted by atomic mass is 9.96. The molecule has 4 aromatic carbocycles. The molecule has 0 N–H and O–H groups in total. The molecule has 172 valence electrons. The molecule has 0 fully saturated rings. The highest BCUT2D eigenvalue weighted by atomic mass is 35.5. The van der Waals surface area contributed by atoms with Crippen LogP contribution in [0.2, 0.25) is 5.02 Å². The average Bonchev–Trinajstić information content (AvgIpc) is 2.85. The Bertz CT molecular complexity index is 1510. The number of rotatable bonds is 5. The number of carbonyl (C=O) groups excluding carboxylic acids is 1. The minimum atomic E-state index is -0.373. The number of hydrogen-bond acceptors (Lipinski definition) is 4. The van der Waals surface area contributed by atoms with E-state index in [-0.39, 0.29) is 5.97 Å². The molecule has 0 bridgehead atoms. The minimum Gasteiger partial charge on any atom is -0.454 e. The second kappa shape index (κ2) is 9.61. The van der Waals surface area contributed by atoms with Crippen molar-refractivity contribution in [2.45, 2.75) is 13.8 Å². The molecule has 0 atom stereocenters. The third-order valence-corrected chi connectivity index (χ3v) is 5.83. The monoisotopic (exact) mass is 479 g/mol. The molecule has 0 aliphatic heterocycles. The average molecular weight is 480 g/mol. The maximum atomic E-state index is 11.3. The molecule has 4 nitrogen and oxygen atoms in total. The van der Waals surface area contributed by atoms with Crippen LogP contribution in [-0.2, 0) is 4.79 Å². The smallest absolute Gasteiger partial charge is 0.308 e. The van der Waals surface area contributed by atoms with Crippen molar-refractivity contribution in [2.24, 2.45) is 0 Å². The molecule has 5 aromatic rings. The molecule has 5 heteroatoms. The SMILES string of the molecule is CC(=O)Oc1ccc(Oc2c(-c3ccc(C)cc3)nc3ccc(Cl)cc3c2-c2ccccc2)cc1. The number of fused-ring (bicyclic) bond motifs is 1. The third kappa shape index (κ3) is 4.88. The first-order valence-corrected chi connectivity index (χ1v) is 11.6. The maximum absolute atomic E-state index is 11.3. The van der Waals surface area contributed by atoms with E-state index >= 15 is 0 Å². The summed E-state index contributed by atoms with van der Waals surface area (Å²) in [5.41, 5.74) is 5.54. The van der Waals surface area contributed by atoms with Crippen LogP contribution < -0.4 is 9.47 Å². The summed E-state index contributed by atoms with van der Waals surface area (Å²) >= 11 is 6.41. The zero-order chi connectivity index (χ0) is 24.4. The number of aromatic nitrogens is 1. The van der Waals surface area contributed by atoms with E-state index in [0.29, 0.717) is 22.3 Å². The van der Waals surface area contributed by atoms with Gasteiger partial charge in [-0.15, -0.1) is 0 Å². The van der Waals surface area contributed by atoms with E-state index in [9.17, 15) is 4.79 Å². The van der Waals surface area contributed by atoms with Gasteiger partial charge in [0.1, 0.15) is 17.2 Å². The van der Waals surface area contributed by atoms with Gasteiger partial charge in [-0.3, -0.25) is 4.79 Å². The summed E-state index contributed by atoms with van der Waals surface area (Å²) in [6, 6.07) is 30.9. The standard InChI is InChI=1S/C30H22ClNO3/c1-19-8-10-22(11-9-19)29-30(35-25-15-13-24(14-16-25)34-20(2)33)28(21-6-4-3-5-7-21)26-18-23(31)12-17-27(26)32-29/h3-18H,1-2H3. The number of benzene rings is 4. The predicted octanol–water partition coefficient (Wildman–Crippen LogP) is 8.25. The highest BCUT2D eigenvalue weighted by Gasteiger charge is 2.21. The van der Waals surface area contributed by atoms with Crippen LogP contribution in [0, 0.1) is 6.92 Å². The van der Waals surface area contributed by atoms with Crippen LogP contribution in [0.4, 0.5) is 0 Å². The lowest BCUT2D eigenvalue weighted by Gasteiger charge is -2.19. The fraction of sp³-hybridized carbons (Fsp3) is 0.0667. The van der Waals surface area contributed by atoms with Crippen molar-refractivity contribution in [3.05, 3.63) is 108 Å². The molecule has 0 amide bonds. The van der Waals surface area contributed by atoms with E-state index in [2.05, 4.69) is 19.1 Å². The molecular formula is C30H22ClNO3. The van der Waals surface area contributed by atoms with Crippen molar-refractivity contribution < 1.29 is 14.3 Å². The van der Waals surface area contributed by atoms with Crippen molar-refractivity contribution in [3.8, 4) is 39.6 Å². The van der Waals surface area contributed by atoms with Gasteiger partial charge in [-0.25, -0.2) is 4.98 Å². The Morgan fingerprint density at radius 2 is 1.49 bits per heavy atom. The Kier molecular flexibility index (Phi) is 6.21. The number of esters is 1. The molecule has 1 aromatic heterocycles. The largest absolute Gasteiger partial charge is 0.454 e. The highest BCUT2D eigenvalue weighted by Crippen LogP contribution is 2.45. The number of hydrogen-bond donors (Lipinski definition) is 0. The van der Waals surface area contributed by atoms with Crippen LogP contribution in [0.15, 0.2) is 97.1 Å². The van der Waals surface area contributed by atoms with E-state index in [1.165, 1.54) is 6.92 Å². The van der Waals surface area contributed by atoms with E-state index < -0.39 is 0 Å². The van der Waals surface area contributed by atoms with Crippen LogP contribution in [-0.4, -0.2) is 11.0 Å². The van der Waals surface area contributed by atoms with Gasteiger partial charge >= 0.3 is 5.97 Å². The molecule has 0 unspecified atom stereocenters. The summed E-state index contributed by atoms with van der Waals surface area (Å²) in [5.74, 6) is 1.29. The molecule has 0 aliphatic rings. The van der Waals surface area contributed by atoms with Crippen molar-refractivity contribution >= 4 is 28.5 Å². The summed E-state index contributed by atoms with van der Waals surface area (Å²) in [6.45, 7) is 3.42. The summed E-state index contributed by atoms with van der Waals surface area (Å²) in [6.07, 6.45) is 0. The molecule has 1 heterocycles. The van der Waals surface area contributed by atoms with E-state index in [4.69, 9.17) is 26.1 Å². The zero-order valence-electron chi connectivity index (χ0n) is 19.3. The van der Waals surface area contributed by atoms with Gasteiger partial charge in [-0.2, -0.15) is 0 Å². The first-order chi connectivity index (χ1) is 17.0. The number of halogens is 1. The molecule has 0 saturated heterocycles. The van der Waals surface area contributed by atoms with Crippen molar-refractivity contribution in [1.82, 2.24) is 4.98 Å². The van der Waals surface area contributed by atoms with Gasteiger partial charge in [0.2, 0.25) is 0 Å². The third-order valence-electron chi connectivity index (χ3n) is 5.60. The van der Waals surface area contributed by atoms with Gasteiger partial charge in [-0.1, -0.05) is 71.8 Å². The Balaban J connectivity index is 1.76. The normalized spacial score (nSPS) is 10.8. The lowest BCUT2D eigenvalue weighted by Crippen LogP contribution is -2.01. The fourth-order valence-electron chi connectivity index (χ4n) is 3.98. The Hall–Kier alpha value is -4.15. The maximum Gasteiger partial charge on any atom is 0.308 e. The van der Waals surface area contributed by atoms with Crippen LogP contribution >= 0.6 is 11.6 Å². The van der Waals surface area contributed by atoms with Crippen molar-refractivity contribution in [2.75, 3.05) is 0 Å². The molecule has 35 heavy (non-hydrogen) atoms. The molecule has 5 rings (SSSR count). The summed E-state index contributed by atoms with van der Waals surface area (Å²) < 4.78 is 11.7. The lowest BCUT2D eigenvalue weighted by molar-refractivity contribution is -0.131. The molecular weight excluding hydrogens is 458 g/mol. The first kappa shape index (κ1) is 22.6. The summed E-state index contributed by atoms with van der Waals surface area (Å²) in [5, 5.41) is 1.52. The molecule has 0 spiro atoms. The van der Waals surface area contributed by atoms with Crippen LogP contribution in [0.5, 0.6) is 17.2 Å². The van der Waals surface area contributed by atoms with Gasteiger partial charge in [0, 0.05) is 28.5 Å². The number of pyridine rings is 1. The second-order valence-electron chi connectivity index (χ2n) is 8.23. The zero-order valence-corrected chi connectivity index (χ0v) is 20.0. The molecule has 0 saturated carbocycles. The number of carbonyl (C=O) groups is 1. The topological polar surface area (TPSA) is 48.4 Å². The fourth-order valence-corrected chi connectivity index (χ4v) is 4.15. The second-order valence-corrected chi connectivity index (χ2v) is 8.66. The van der Waals surface area contributed by atoms with Crippen LogP contribution in [0.25, 0.3) is 33.3 Å². The quantitative estimate of drug-likeness (QED) is 0.188. The van der Waals surface area contributed by atoms with Gasteiger partial charge in [-0.05, 0) is 55.0 Å². The number of nitrogens with zero attached hydrogens (tertiary/aromatic N) is 1. The van der Waals surface area contributed by atoms with Gasteiger partial charge in [0.05, 0.1) is 5.52 Å². The van der Waals surface area contributed by atoms with E-state index in [1.54, 1.807) is 24.3 Å². The van der Waals surface area contributed by atoms with Crippen molar-refractivity contribution in [3.63, 3.8) is 0 Å². The highest BCUT2D eigenvalue weighted by molar-refractivity contribution is 6.31. The number of ether oxygens (including phenoxy) is 2. The first-order valence-electron chi connectivity index (χ1n) is 11.2. The molecule has 0 radical (unpaired) electrons. The van der Waals surface area contributed by atoms with Crippen molar-refractivity contribution in [1.29, 1.82) is 0 Å². The summed E-state index contributed by atoms with van der Waals surface area (Å²) in [4.78, 5) is 16.3. The van der Waals surface area contributed by atoms with E-state index in [1.807, 2.05) is 60.7 Å². The molecule has 0 aliphatic carbocycles. The number of aryl methyl sites for hydroxylation is 1. The Morgan fingerprint density at radius 3 is 2.17 bits per heavy atom. The Labute approximate surface area is 208 Å².